The Bertz CT molecular complexity index is 1390. The molecular formula is C28H27F3N2O9. The molecule has 2 aromatic rings. The van der Waals surface area contributed by atoms with Crippen LogP contribution in [0.3, 0.4) is 0 Å². The zero-order valence-corrected chi connectivity index (χ0v) is 22.6. The SMILES string of the molecule is COC(=O)C1C(C(F)(F)F)=NC(C)=C(C(=O)OCCCOc2ccc(OCC3CO3)cc2)C1c1cccc([N+](=O)[O-])c1. The normalized spacial score (nSPS) is 19.9. The highest BCUT2D eigenvalue weighted by Crippen LogP contribution is 2.44. The zero-order chi connectivity index (χ0) is 30.4. The van der Waals surface area contributed by atoms with Crippen LogP contribution in [0, 0.1) is 16.0 Å². The number of methoxy groups -OCH3 is 1. The van der Waals surface area contributed by atoms with Crippen LogP contribution in [0.4, 0.5) is 18.9 Å². The number of benzene rings is 2. The summed E-state index contributed by atoms with van der Waals surface area (Å²) in [5.74, 6) is -4.85. The molecule has 0 radical (unpaired) electrons. The Morgan fingerprint density at radius 3 is 2.36 bits per heavy atom. The summed E-state index contributed by atoms with van der Waals surface area (Å²) in [5, 5.41) is 11.4. The van der Waals surface area contributed by atoms with E-state index in [1.54, 1.807) is 24.3 Å². The number of esters is 2. The van der Waals surface area contributed by atoms with Gasteiger partial charge in [0, 0.05) is 30.2 Å². The van der Waals surface area contributed by atoms with Crippen LogP contribution < -0.4 is 9.47 Å². The minimum Gasteiger partial charge on any atom is -0.493 e. The van der Waals surface area contributed by atoms with E-state index >= 15 is 0 Å². The molecule has 2 aliphatic rings. The third-order valence-electron chi connectivity index (χ3n) is 6.48. The van der Waals surface area contributed by atoms with Gasteiger partial charge in [-0.3, -0.25) is 19.9 Å². The van der Waals surface area contributed by atoms with E-state index < -0.39 is 46.3 Å². The van der Waals surface area contributed by atoms with Crippen molar-refractivity contribution in [3.8, 4) is 11.5 Å². The molecule has 0 saturated carbocycles. The van der Waals surface area contributed by atoms with E-state index in [9.17, 15) is 32.9 Å². The van der Waals surface area contributed by atoms with E-state index in [2.05, 4.69) is 9.73 Å². The van der Waals surface area contributed by atoms with Gasteiger partial charge in [0.2, 0.25) is 0 Å². The molecule has 0 bridgehead atoms. The van der Waals surface area contributed by atoms with Gasteiger partial charge >= 0.3 is 18.1 Å². The number of hydrogen-bond donors (Lipinski definition) is 0. The highest BCUT2D eigenvalue weighted by Gasteiger charge is 2.52. The highest BCUT2D eigenvalue weighted by atomic mass is 19.4. The van der Waals surface area contributed by atoms with Crippen molar-refractivity contribution in [2.24, 2.45) is 10.9 Å². The van der Waals surface area contributed by atoms with Gasteiger partial charge in [0.05, 0.1) is 37.4 Å². The van der Waals surface area contributed by atoms with Crippen LogP contribution in [0.5, 0.6) is 11.5 Å². The minimum absolute atomic E-state index is 0.0806. The van der Waals surface area contributed by atoms with Crippen molar-refractivity contribution in [2.75, 3.05) is 33.5 Å². The topological polar surface area (TPSA) is 139 Å². The molecule has 3 atom stereocenters. The van der Waals surface area contributed by atoms with Gasteiger partial charge in [-0.05, 0) is 36.8 Å². The molecule has 0 spiro atoms. The van der Waals surface area contributed by atoms with Crippen molar-refractivity contribution in [3.05, 3.63) is 75.5 Å². The van der Waals surface area contributed by atoms with Gasteiger partial charge in [0.25, 0.3) is 5.69 Å². The first kappa shape index (κ1) is 30.5. The third-order valence-corrected chi connectivity index (χ3v) is 6.48. The first-order chi connectivity index (χ1) is 20.0. The molecule has 3 unspecified atom stereocenters. The Morgan fingerprint density at radius 1 is 1.10 bits per heavy atom. The van der Waals surface area contributed by atoms with E-state index in [4.69, 9.17) is 18.9 Å². The van der Waals surface area contributed by atoms with Crippen LogP contribution in [0.25, 0.3) is 0 Å². The number of nitro benzene ring substituents is 1. The van der Waals surface area contributed by atoms with Gasteiger partial charge in [0.1, 0.15) is 35.8 Å². The fourth-order valence-electron chi connectivity index (χ4n) is 4.42. The number of ether oxygens (including phenoxy) is 5. The van der Waals surface area contributed by atoms with E-state index in [1.807, 2.05) is 0 Å². The lowest BCUT2D eigenvalue weighted by Gasteiger charge is -2.32. The molecule has 1 saturated heterocycles. The first-order valence-corrected chi connectivity index (χ1v) is 12.8. The molecule has 0 amide bonds. The lowest BCUT2D eigenvalue weighted by molar-refractivity contribution is -0.384. The maximum Gasteiger partial charge on any atom is 0.430 e. The van der Waals surface area contributed by atoms with Crippen LogP contribution in [0.15, 0.2) is 64.8 Å². The second-order valence-corrected chi connectivity index (χ2v) is 9.40. The molecule has 2 aliphatic heterocycles. The Labute approximate surface area is 238 Å². The van der Waals surface area contributed by atoms with Crippen molar-refractivity contribution in [2.45, 2.75) is 31.5 Å². The third kappa shape index (κ3) is 7.43. The Balaban J connectivity index is 1.48. The summed E-state index contributed by atoms with van der Waals surface area (Å²) in [6, 6.07) is 11.6. The van der Waals surface area contributed by atoms with Gasteiger partial charge in [-0.25, -0.2) is 4.79 Å². The van der Waals surface area contributed by atoms with Crippen LogP contribution in [0.2, 0.25) is 0 Å². The maximum absolute atomic E-state index is 14.0. The molecule has 2 aromatic carbocycles. The van der Waals surface area contributed by atoms with E-state index in [1.165, 1.54) is 19.1 Å². The smallest absolute Gasteiger partial charge is 0.430 e. The number of rotatable bonds is 12. The molecular weight excluding hydrogens is 565 g/mol. The lowest BCUT2D eigenvalue weighted by atomic mass is 9.75. The van der Waals surface area contributed by atoms with Gasteiger partial charge in [-0.15, -0.1) is 0 Å². The van der Waals surface area contributed by atoms with Crippen LogP contribution in [-0.2, 0) is 23.8 Å². The quantitative estimate of drug-likeness (QED) is 0.114. The largest absolute Gasteiger partial charge is 0.493 e. The average molecular weight is 593 g/mol. The van der Waals surface area contributed by atoms with Crippen molar-refractivity contribution in [1.82, 2.24) is 0 Å². The zero-order valence-electron chi connectivity index (χ0n) is 22.6. The molecule has 0 N–H and O–H groups in total. The number of nitrogens with zero attached hydrogens (tertiary/aromatic N) is 2. The lowest BCUT2D eigenvalue weighted by Crippen LogP contribution is -2.43. The number of hydrogen-bond acceptors (Lipinski definition) is 10. The molecule has 2 heterocycles. The summed E-state index contributed by atoms with van der Waals surface area (Å²) in [4.78, 5) is 40.1. The summed E-state index contributed by atoms with van der Waals surface area (Å²) in [5.41, 5.74) is -2.68. The molecule has 4 rings (SSSR count). The fraction of sp³-hybridized carbons (Fsp3) is 0.393. The molecule has 224 valence electrons. The molecule has 11 nitrogen and oxygen atoms in total. The average Bonchev–Trinajstić information content (AvgIpc) is 3.79. The standard InChI is InChI=1S/C28H27F3N2O9/c1-16-22(27(35)40-12-4-11-39-19-7-9-20(10-8-19)41-14-21-15-42-21)23(17-5-3-6-18(13-17)33(36)37)24(26(34)38-2)25(32-16)28(29,30)31/h3,5-10,13,21,23-24H,4,11-12,14-15H2,1-2H3. The number of nitro groups is 1. The summed E-state index contributed by atoms with van der Waals surface area (Å²) < 4.78 is 68.2. The van der Waals surface area contributed by atoms with E-state index in [-0.39, 0.29) is 42.6 Å². The predicted molar refractivity (Wildman–Crippen MR) is 140 cm³/mol. The summed E-state index contributed by atoms with van der Waals surface area (Å²) in [6.07, 6.45) is -4.70. The van der Waals surface area contributed by atoms with Gasteiger partial charge < -0.3 is 23.7 Å². The fourth-order valence-corrected chi connectivity index (χ4v) is 4.42. The molecule has 1 fully saturated rings. The predicted octanol–water partition coefficient (Wildman–Crippen LogP) is 4.55. The molecule has 0 aliphatic carbocycles. The number of carbonyl (C=O) groups excluding carboxylic acids is 2. The van der Waals surface area contributed by atoms with Crippen LogP contribution >= 0.6 is 0 Å². The number of allylic oxidation sites excluding steroid dienone is 1. The molecule has 14 heteroatoms. The van der Waals surface area contributed by atoms with Crippen molar-refractivity contribution in [3.63, 3.8) is 0 Å². The van der Waals surface area contributed by atoms with Gasteiger partial charge in [-0.1, -0.05) is 12.1 Å². The monoisotopic (exact) mass is 592 g/mol. The second kappa shape index (κ2) is 13.0. The second-order valence-electron chi connectivity index (χ2n) is 9.40. The number of alkyl halides is 3. The number of aliphatic imine (C=N–C) groups is 1. The maximum atomic E-state index is 14.0. The van der Waals surface area contributed by atoms with Crippen molar-refractivity contribution < 1.29 is 51.4 Å². The first-order valence-electron chi connectivity index (χ1n) is 12.8. The van der Waals surface area contributed by atoms with Gasteiger partial charge in [-0.2, -0.15) is 13.2 Å². The number of halogens is 3. The van der Waals surface area contributed by atoms with Crippen molar-refractivity contribution >= 4 is 23.3 Å². The Hall–Kier alpha value is -4.46. The summed E-state index contributed by atoms with van der Waals surface area (Å²) in [7, 11) is 0.897. The Morgan fingerprint density at radius 2 is 1.76 bits per heavy atom. The molecule has 42 heavy (non-hydrogen) atoms. The van der Waals surface area contributed by atoms with Crippen molar-refractivity contribution in [1.29, 1.82) is 0 Å². The van der Waals surface area contributed by atoms with Crippen LogP contribution in [0.1, 0.15) is 24.8 Å². The summed E-state index contributed by atoms with van der Waals surface area (Å²) in [6.45, 7) is 2.31. The Kier molecular flexibility index (Phi) is 9.45. The number of carbonyl (C=O) groups is 2. The van der Waals surface area contributed by atoms with E-state index in [0.29, 0.717) is 24.7 Å². The highest BCUT2D eigenvalue weighted by molar-refractivity contribution is 6.10. The summed E-state index contributed by atoms with van der Waals surface area (Å²) >= 11 is 0. The minimum atomic E-state index is -5.05. The van der Waals surface area contributed by atoms with Crippen LogP contribution in [-0.4, -0.2) is 68.4 Å². The number of epoxide rings is 1. The van der Waals surface area contributed by atoms with Gasteiger partial charge in [0.15, 0.2) is 0 Å². The van der Waals surface area contributed by atoms with E-state index in [0.717, 1.165) is 19.2 Å². The molecule has 0 aromatic heterocycles. The number of non-ortho nitro benzene ring substituents is 1.